The SMILES string of the molecule is COc1cccc2c1CCC2Nc1cc(C(F)(F)F)nc2ncnn12. The quantitative estimate of drug-likeness (QED) is 0.786. The number of benzene rings is 1. The van der Waals surface area contributed by atoms with Crippen molar-refractivity contribution >= 4 is 11.6 Å². The Kier molecular flexibility index (Phi) is 3.52. The van der Waals surface area contributed by atoms with Crippen LogP contribution in [0.1, 0.15) is 29.3 Å². The van der Waals surface area contributed by atoms with Crippen LogP contribution in [0.3, 0.4) is 0 Å². The molecule has 3 aromatic rings. The Morgan fingerprint density at radius 3 is 2.92 bits per heavy atom. The fourth-order valence-corrected chi connectivity index (χ4v) is 3.20. The molecule has 1 N–H and O–H groups in total. The molecule has 25 heavy (non-hydrogen) atoms. The summed E-state index contributed by atoms with van der Waals surface area (Å²) in [4.78, 5) is 7.30. The van der Waals surface area contributed by atoms with Crippen LogP contribution in [-0.2, 0) is 12.6 Å². The van der Waals surface area contributed by atoms with Gasteiger partial charge in [-0.05, 0) is 30.0 Å². The van der Waals surface area contributed by atoms with E-state index < -0.39 is 11.9 Å². The maximum Gasteiger partial charge on any atom is 0.433 e. The van der Waals surface area contributed by atoms with Crippen molar-refractivity contribution in [2.24, 2.45) is 0 Å². The first-order valence-electron chi connectivity index (χ1n) is 7.67. The van der Waals surface area contributed by atoms with Gasteiger partial charge in [0.25, 0.3) is 5.78 Å². The van der Waals surface area contributed by atoms with E-state index in [-0.39, 0.29) is 17.6 Å². The van der Waals surface area contributed by atoms with Crippen molar-refractivity contribution in [2.75, 3.05) is 12.4 Å². The Labute approximate surface area is 140 Å². The number of aromatic nitrogens is 4. The third-order valence-corrected chi connectivity index (χ3v) is 4.31. The van der Waals surface area contributed by atoms with E-state index in [2.05, 4.69) is 20.4 Å². The maximum atomic E-state index is 13.1. The second kappa shape index (κ2) is 5.61. The van der Waals surface area contributed by atoms with Crippen molar-refractivity contribution in [3.05, 3.63) is 47.4 Å². The van der Waals surface area contributed by atoms with Crippen LogP contribution in [0, 0.1) is 0 Å². The van der Waals surface area contributed by atoms with Gasteiger partial charge in [-0.15, -0.1) is 0 Å². The van der Waals surface area contributed by atoms with E-state index in [0.29, 0.717) is 0 Å². The topological polar surface area (TPSA) is 64.3 Å². The van der Waals surface area contributed by atoms with Gasteiger partial charge < -0.3 is 10.1 Å². The van der Waals surface area contributed by atoms with Crippen LogP contribution in [-0.4, -0.2) is 26.7 Å². The molecule has 0 amide bonds. The lowest BCUT2D eigenvalue weighted by Gasteiger charge is -2.17. The molecule has 130 valence electrons. The molecule has 0 saturated carbocycles. The summed E-state index contributed by atoms with van der Waals surface area (Å²) in [6, 6.07) is 6.52. The van der Waals surface area contributed by atoms with Gasteiger partial charge in [-0.2, -0.15) is 27.8 Å². The zero-order valence-corrected chi connectivity index (χ0v) is 13.2. The lowest BCUT2D eigenvalue weighted by molar-refractivity contribution is -0.141. The molecular formula is C16H14F3N5O. The number of alkyl halides is 3. The van der Waals surface area contributed by atoms with E-state index >= 15 is 0 Å². The number of nitrogens with one attached hydrogen (secondary N) is 1. The highest BCUT2D eigenvalue weighted by atomic mass is 19.4. The molecule has 0 saturated heterocycles. The van der Waals surface area contributed by atoms with Gasteiger partial charge in [0.1, 0.15) is 17.9 Å². The normalized spacial score (nSPS) is 16.9. The van der Waals surface area contributed by atoms with Crippen molar-refractivity contribution in [3.8, 4) is 5.75 Å². The summed E-state index contributed by atoms with van der Waals surface area (Å²) in [5.41, 5.74) is 1.08. The van der Waals surface area contributed by atoms with E-state index in [4.69, 9.17) is 4.74 Å². The highest BCUT2D eigenvalue weighted by molar-refractivity contribution is 5.52. The fourth-order valence-electron chi connectivity index (χ4n) is 3.20. The van der Waals surface area contributed by atoms with Crippen molar-refractivity contribution in [3.63, 3.8) is 0 Å². The van der Waals surface area contributed by atoms with Crippen LogP contribution in [0.4, 0.5) is 19.0 Å². The zero-order valence-electron chi connectivity index (χ0n) is 13.2. The first-order chi connectivity index (χ1) is 12.0. The Balaban J connectivity index is 1.74. The molecular weight excluding hydrogens is 335 g/mol. The largest absolute Gasteiger partial charge is 0.496 e. The van der Waals surface area contributed by atoms with Crippen LogP contribution in [0.2, 0.25) is 0 Å². The lowest BCUT2D eigenvalue weighted by atomic mass is 10.1. The van der Waals surface area contributed by atoms with Gasteiger partial charge in [-0.1, -0.05) is 12.1 Å². The van der Waals surface area contributed by atoms with Gasteiger partial charge in [0.15, 0.2) is 5.69 Å². The van der Waals surface area contributed by atoms with Crippen LogP contribution in [0.25, 0.3) is 5.78 Å². The molecule has 2 heterocycles. The Morgan fingerprint density at radius 1 is 1.32 bits per heavy atom. The Bertz CT molecular complexity index is 937. The minimum Gasteiger partial charge on any atom is -0.496 e. The molecule has 1 aliphatic carbocycles. The number of methoxy groups -OCH3 is 1. The molecule has 0 bridgehead atoms. The monoisotopic (exact) mass is 349 g/mol. The van der Waals surface area contributed by atoms with E-state index in [9.17, 15) is 13.2 Å². The van der Waals surface area contributed by atoms with Gasteiger partial charge in [0.05, 0.1) is 13.2 Å². The van der Waals surface area contributed by atoms with E-state index in [1.807, 2.05) is 18.2 Å². The number of ether oxygens (including phenoxy) is 1. The molecule has 1 atom stereocenters. The molecule has 1 aromatic carbocycles. The summed E-state index contributed by atoms with van der Waals surface area (Å²) in [7, 11) is 1.60. The first-order valence-corrected chi connectivity index (χ1v) is 7.67. The third-order valence-electron chi connectivity index (χ3n) is 4.31. The van der Waals surface area contributed by atoms with Crippen LogP contribution >= 0.6 is 0 Å². The van der Waals surface area contributed by atoms with E-state index in [1.54, 1.807) is 7.11 Å². The van der Waals surface area contributed by atoms with Gasteiger partial charge in [-0.3, -0.25) is 0 Å². The highest BCUT2D eigenvalue weighted by Crippen LogP contribution is 2.39. The van der Waals surface area contributed by atoms with Crippen molar-refractivity contribution < 1.29 is 17.9 Å². The number of fused-ring (bicyclic) bond motifs is 2. The smallest absolute Gasteiger partial charge is 0.433 e. The maximum absolute atomic E-state index is 13.1. The third kappa shape index (κ3) is 2.65. The molecule has 0 spiro atoms. The molecule has 2 aromatic heterocycles. The predicted octanol–water partition coefficient (Wildman–Crippen LogP) is 3.25. The summed E-state index contributed by atoms with van der Waals surface area (Å²) >= 11 is 0. The Morgan fingerprint density at radius 2 is 2.16 bits per heavy atom. The molecule has 4 rings (SSSR count). The number of anilines is 1. The molecule has 0 radical (unpaired) electrons. The zero-order chi connectivity index (χ0) is 17.6. The summed E-state index contributed by atoms with van der Waals surface area (Å²) in [5, 5.41) is 7.12. The van der Waals surface area contributed by atoms with Crippen molar-refractivity contribution in [1.82, 2.24) is 19.6 Å². The van der Waals surface area contributed by atoms with Crippen molar-refractivity contribution in [2.45, 2.75) is 25.1 Å². The highest BCUT2D eigenvalue weighted by Gasteiger charge is 2.34. The van der Waals surface area contributed by atoms with Gasteiger partial charge >= 0.3 is 6.18 Å². The summed E-state index contributed by atoms with van der Waals surface area (Å²) < 4.78 is 45.9. The molecule has 1 unspecified atom stereocenters. The van der Waals surface area contributed by atoms with Crippen LogP contribution < -0.4 is 10.1 Å². The molecule has 1 aliphatic rings. The van der Waals surface area contributed by atoms with Crippen LogP contribution in [0.15, 0.2) is 30.6 Å². The van der Waals surface area contributed by atoms with E-state index in [0.717, 1.165) is 35.8 Å². The number of hydrogen-bond donors (Lipinski definition) is 1. The second-order valence-corrected chi connectivity index (χ2v) is 5.76. The Hall–Kier alpha value is -2.84. The molecule has 0 aliphatic heterocycles. The standard InChI is InChI=1S/C16H14F3N5O/c1-25-12-4-2-3-9-10(12)5-6-11(9)22-14-7-13(16(17,18)19)23-15-20-8-21-24(14)15/h2-4,7-8,11,22H,5-6H2,1H3. The summed E-state index contributed by atoms with van der Waals surface area (Å²) in [6.07, 6.45) is -1.84. The van der Waals surface area contributed by atoms with Gasteiger partial charge in [-0.25, -0.2) is 4.98 Å². The lowest BCUT2D eigenvalue weighted by Crippen LogP contribution is -2.15. The second-order valence-electron chi connectivity index (χ2n) is 5.76. The van der Waals surface area contributed by atoms with Crippen molar-refractivity contribution in [1.29, 1.82) is 0 Å². The van der Waals surface area contributed by atoms with Gasteiger partial charge in [0, 0.05) is 6.07 Å². The molecule has 6 nitrogen and oxygen atoms in total. The average Bonchev–Trinajstić information content (AvgIpc) is 3.21. The van der Waals surface area contributed by atoms with E-state index in [1.165, 1.54) is 10.8 Å². The average molecular weight is 349 g/mol. The number of hydrogen-bond acceptors (Lipinski definition) is 5. The fraction of sp³-hybridized carbons (Fsp3) is 0.312. The summed E-state index contributed by atoms with van der Waals surface area (Å²) in [5.74, 6) is 0.898. The number of halogens is 3. The molecule has 0 fully saturated rings. The van der Waals surface area contributed by atoms with Gasteiger partial charge in [0.2, 0.25) is 0 Å². The minimum absolute atomic E-state index is 0.0961. The number of rotatable bonds is 3. The molecule has 9 heteroatoms. The minimum atomic E-state index is -4.55. The summed E-state index contributed by atoms with van der Waals surface area (Å²) in [6.45, 7) is 0. The van der Waals surface area contributed by atoms with Crippen LogP contribution in [0.5, 0.6) is 5.75 Å². The number of nitrogens with zero attached hydrogens (tertiary/aromatic N) is 4. The predicted molar refractivity (Wildman–Crippen MR) is 83.5 cm³/mol. The first kappa shape index (κ1) is 15.7.